The summed E-state index contributed by atoms with van der Waals surface area (Å²) >= 11 is 0. The highest BCUT2D eigenvalue weighted by atomic mass is 16.6. The fraction of sp³-hybridized carbons (Fsp3) is 0.760. The molecule has 13 rings (SSSR count). The summed E-state index contributed by atoms with van der Waals surface area (Å²) in [7, 11) is 0. The Balaban J connectivity index is 0.000000196. The van der Waals surface area contributed by atoms with Gasteiger partial charge in [0.05, 0.1) is 24.2 Å². The zero-order valence-corrected chi connectivity index (χ0v) is 83.2. The molecule has 0 spiro atoms. The van der Waals surface area contributed by atoms with Crippen molar-refractivity contribution in [2.75, 3.05) is 19.6 Å². The number of piperidine rings is 3. The van der Waals surface area contributed by atoms with E-state index in [1.54, 1.807) is 74.1 Å². The summed E-state index contributed by atoms with van der Waals surface area (Å²) in [5.74, 6) is -10.0. The lowest BCUT2D eigenvalue weighted by atomic mass is 9.79. The van der Waals surface area contributed by atoms with E-state index in [1.807, 2.05) is 78.8 Å². The van der Waals surface area contributed by atoms with Crippen molar-refractivity contribution in [1.29, 1.82) is 0 Å². The van der Waals surface area contributed by atoms with Crippen LogP contribution in [0.4, 0.5) is 14.4 Å². The first kappa shape index (κ1) is 106. The summed E-state index contributed by atoms with van der Waals surface area (Å²) in [6, 6.07) is -3.96. The molecular weight excluding hydrogens is 1750 g/mol. The van der Waals surface area contributed by atoms with Crippen molar-refractivity contribution >= 4 is 107 Å². The van der Waals surface area contributed by atoms with Gasteiger partial charge in [0.1, 0.15) is 66.6 Å². The van der Waals surface area contributed by atoms with Crippen LogP contribution < -0.4 is 65.1 Å². The molecule has 1 aromatic rings. The average molecular weight is 1900 g/mol. The van der Waals surface area contributed by atoms with E-state index in [0.29, 0.717) is 38.9 Å². The summed E-state index contributed by atoms with van der Waals surface area (Å²) in [4.78, 5) is 241. The zero-order valence-electron chi connectivity index (χ0n) is 83.2. The van der Waals surface area contributed by atoms with Crippen LogP contribution in [-0.4, -0.2) is 225 Å². The van der Waals surface area contributed by atoms with Crippen LogP contribution in [0.3, 0.4) is 0 Å². The number of ketones is 3. The van der Waals surface area contributed by atoms with Gasteiger partial charge < -0.3 is 94.0 Å². The van der Waals surface area contributed by atoms with Gasteiger partial charge in [-0.25, -0.2) is 28.8 Å². The Labute approximate surface area is 799 Å². The van der Waals surface area contributed by atoms with Crippen LogP contribution >= 0.6 is 0 Å². The van der Waals surface area contributed by atoms with Gasteiger partial charge in [-0.15, -0.1) is 0 Å². The second-order valence-electron chi connectivity index (χ2n) is 46.4. The Kier molecular flexibility index (Phi) is 33.2. The van der Waals surface area contributed by atoms with E-state index in [1.165, 1.54) is 9.80 Å². The number of ether oxygens (including phenoxy) is 3. The molecule has 3 saturated heterocycles. The molecule has 754 valence electrons. The Morgan fingerprint density at radius 1 is 0.390 bits per heavy atom. The fourth-order valence-electron chi connectivity index (χ4n) is 21.9. The van der Waals surface area contributed by atoms with Crippen molar-refractivity contribution in [2.45, 2.75) is 357 Å². The van der Waals surface area contributed by atoms with Crippen molar-refractivity contribution in [1.82, 2.24) is 62.6 Å². The SMILES string of the molecule is CC(C)(C)OC(=O)[C@@H](NC(=O)N[C@H](C(=O)N1C[C@H]2[C@@H]([C@H]1C(=O)NC(CC1CC1)C(=O)C(N)=O)C2(C)C)C1CCCCC1)C1CCCC1.CC(C)(C)[C@H](NC(=O)N[C@H](C(=O)OCc1ccccc1)C1CCC1)C(=O)N1C[C@H]2[C@@H]([C@H]1C(=O)NC(CC1CC1)C(=O)C(N)=O)C2(C)C.CC(C)OC(=O)[C@@H](NC(=O)N[C@H](C(=O)N1C[C@H]2[C@@H]([C@H]1C(=O)NC(CC1CC1)C(=O)C(N)=O)C2(C)C)C(C)(C)C)C(C)C. The molecule has 12 fully saturated rings. The van der Waals surface area contributed by atoms with Crippen LogP contribution in [0.25, 0.3) is 0 Å². The Bertz CT molecular complexity index is 4660. The van der Waals surface area contributed by atoms with Crippen molar-refractivity contribution in [2.24, 2.45) is 121 Å². The maximum atomic E-state index is 14.5. The second-order valence-corrected chi connectivity index (χ2v) is 46.4. The van der Waals surface area contributed by atoms with Gasteiger partial charge in [-0.1, -0.05) is 204 Å². The number of carbonyl (C=O) groups is 18. The van der Waals surface area contributed by atoms with Crippen LogP contribution in [0.1, 0.15) is 272 Å². The van der Waals surface area contributed by atoms with Crippen LogP contribution in [0.2, 0.25) is 0 Å². The van der Waals surface area contributed by atoms with Gasteiger partial charge in [-0.05, 0) is 202 Å². The molecule has 1 aromatic carbocycles. The van der Waals surface area contributed by atoms with E-state index in [-0.39, 0.29) is 112 Å². The number of likely N-dealkylation sites (tertiary alicyclic amines) is 3. The Morgan fingerprint density at radius 2 is 0.713 bits per heavy atom. The number of nitrogens with zero attached hydrogens (tertiary/aromatic N) is 3. The quantitative estimate of drug-likeness (QED) is 0.0183. The van der Waals surface area contributed by atoms with E-state index >= 15 is 0 Å². The van der Waals surface area contributed by atoms with E-state index < -0.39 is 190 Å². The van der Waals surface area contributed by atoms with E-state index in [0.717, 1.165) is 121 Å². The van der Waals surface area contributed by atoms with Gasteiger partial charge >= 0.3 is 36.0 Å². The first-order valence-electron chi connectivity index (χ1n) is 49.6. The van der Waals surface area contributed by atoms with E-state index in [2.05, 4.69) is 61.7 Å². The number of nitrogens with one attached hydrogen (secondary N) is 9. The molecule has 3 unspecified atom stereocenters. The topological polar surface area (TPSA) is 531 Å². The third kappa shape index (κ3) is 26.0. The number of amides is 15. The number of esters is 3. The third-order valence-electron chi connectivity index (χ3n) is 30.9. The number of fused-ring (bicyclic) bond motifs is 3. The molecule has 136 heavy (non-hydrogen) atoms. The number of nitrogens with two attached hydrogens (primary N) is 3. The lowest BCUT2D eigenvalue weighted by Crippen LogP contribution is -2.62. The molecular formula is C100H153N15O21. The van der Waals surface area contributed by atoms with Gasteiger partial charge in [0.15, 0.2) is 0 Å². The first-order valence-corrected chi connectivity index (χ1v) is 49.6. The van der Waals surface area contributed by atoms with E-state index in [9.17, 15) is 86.3 Å². The molecule has 18 atom stereocenters. The van der Waals surface area contributed by atoms with Crippen molar-refractivity contribution in [3.63, 3.8) is 0 Å². The predicted octanol–water partition coefficient (Wildman–Crippen LogP) is 6.89. The number of hydrogen-bond acceptors (Lipinski definition) is 21. The Morgan fingerprint density at radius 3 is 1.04 bits per heavy atom. The molecule has 3 aliphatic heterocycles. The molecule has 0 radical (unpaired) electrons. The summed E-state index contributed by atoms with van der Waals surface area (Å²) in [6.45, 7) is 36.6. The van der Waals surface area contributed by atoms with Crippen LogP contribution in [-0.2, 0) is 92.7 Å². The van der Waals surface area contributed by atoms with Crippen molar-refractivity contribution in [3.05, 3.63) is 35.9 Å². The lowest BCUT2D eigenvalue weighted by Gasteiger charge is -2.38. The monoisotopic (exact) mass is 1900 g/mol. The summed E-state index contributed by atoms with van der Waals surface area (Å²) in [6.07, 6.45) is 16.6. The number of urea groups is 3. The van der Waals surface area contributed by atoms with Crippen molar-refractivity contribution in [3.8, 4) is 0 Å². The van der Waals surface area contributed by atoms with E-state index in [4.69, 9.17) is 31.4 Å². The largest absolute Gasteiger partial charge is 0.461 e. The number of carbonyl (C=O) groups excluding carboxylic acids is 18. The van der Waals surface area contributed by atoms with Crippen LogP contribution in [0.15, 0.2) is 30.3 Å². The van der Waals surface area contributed by atoms with Crippen LogP contribution in [0.5, 0.6) is 0 Å². The summed E-state index contributed by atoms with van der Waals surface area (Å²) in [5, 5.41) is 25.1. The van der Waals surface area contributed by atoms with Gasteiger partial charge in [-0.3, -0.25) is 57.5 Å². The maximum absolute atomic E-state index is 14.5. The second kappa shape index (κ2) is 42.6. The number of benzene rings is 1. The minimum atomic E-state index is -1.11. The highest BCUT2D eigenvalue weighted by Crippen LogP contribution is 2.67. The summed E-state index contributed by atoms with van der Waals surface area (Å²) < 4.78 is 16.5. The van der Waals surface area contributed by atoms with Gasteiger partial charge in [0.2, 0.25) is 52.8 Å². The van der Waals surface area contributed by atoms with Crippen molar-refractivity contribution < 1.29 is 101 Å². The number of primary amides is 3. The molecule has 9 saturated carbocycles. The summed E-state index contributed by atoms with van der Waals surface area (Å²) in [5.41, 5.74) is 13.9. The molecule has 9 aliphatic carbocycles. The molecule has 36 heteroatoms. The average Bonchev–Trinajstić information content (AvgIpc) is 1.53. The standard InChI is InChI=1S/C35H55N5O7.C35H49N5O7.C30H49N5O7/c1-34(2,3)47-32(45)26(21-13-9-10-14-21)39-33(46)38-25(20-11-7-6-8-12-20)31(44)40-18-22-24(35(22,4)5)27(40)30(43)37-23(17-19-15-16-19)28(41)29(36)42;1-34(2,3)28(39-33(46)38-25(21-12-9-13-21)32(45)47-18-20-10-7-6-8-11-20)31(44)40-17-22-24(35(22,4)5)26(40)30(43)37-23(16-19-14-15-19)27(41)29(36)42;1-14(2)20(27(40)42-15(3)4)33-28(41)34-23(29(5,6)7)26(39)35-13-17-19(30(17,8)9)21(35)25(38)32-18(12-16-10-11-16)22(36)24(31)37/h19-27H,6-18H2,1-5H3,(H2,36,42)(H,37,43)(H2,38,39,46);6-8,10-11,19,21-26,28H,9,12-18H2,1-5H3,(H2,36,42)(H,37,43)(H2,38,39,46);14-21,23H,10-13H2,1-9H3,(H2,31,37)(H,32,38)(H2,33,34,41)/t22-,23?,24-,25-,26-,27-;22-,23?,24-,25-,26-,28+;17-,18?,19-,20-,21-,23+/m000/s1. The van der Waals surface area contributed by atoms with Gasteiger partial charge in [0.25, 0.3) is 17.7 Å². The molecule has 0 bridgehead atoms. The molecule has 12 aliphatic rings. The molecule has 15 N–H and O–H groups in total. The zero-order chi connectivity index (χ0) is 100. The number of rotatable bonds is 37. The molecule has 36 nitrogen and oxygen atoms in total. The molecule has 15 amide bonds. The smallest absolute Gasteiger partial charge is 0.329 e. The number of hydrogen-bond donors (Lipinski definition) is 12. The van der Waals surface area contributed by atoms with Crippen LogP contribution in [0, 0.1) is 104 Å². The maximum Gasteiger partial charge on any atom is 0.329 e. The first-order chi connectivity index (χ1) is 63.4. The normalized spacial score (nSPS) is 25.8. The molecule has 0 aromatic heterocycles. The minimum absolute atomic E-state index is 0.0490. The number of Topliss-reactive ketones (excluding diaryl/α,β-unsaturated/α-hetero) is 3. The third-order valence-corrected chi connectivity index (χ3v) is 30.9. The Hall–Kier alpha value is -10.3. The van der Waals surface area contributed by atoms with Gasteiger partial charge in [-0.2, -0.15) is 0 Å². The fourth-order valence-corrected chi connectivity index (χ4v) is 21.9. The highest BCUT2D eigenvalue weighted by Gasteiger charge is 2.73. The lowest BCUT2D eigenvalue weighted by molar-refractivity contribution is -0.159. The predicted molar refractivity (Wildman–Crippen MR) is 500 cm³/mol. The minimum Gasteiger partial charge on any atom is -0.461 e. The van der Waals surface area contributed by atoms with Gasteiger partial charge in [0, 0.05) is 19.6 Å². The highest BCUT2D eigenvalue weighted by molar-refractivity contribution is 6.39. The molecule has 3 heterocycles.